The molecule has 0 bridgehead atoms. The number of amides is 1. The number of nitrogens with one attached hydrogen (secondary N) is 1. The van der Waals surface area contributed by atoms with Crippen LogP contribution in [-0.2, 0) is 4.79 Å². The van der Waals surface area contributed by atoms with Gasteiger partial charge >= 0.3 is 0 Å². The molecule has 2 fully saturated rings. The third kappa shape index (κ3) is 2.34. The quantitative estimate of drug-likeness (QED) is 0.800. The first kappa shape index (κ1) is 15.4. The van der Waals surface area contributed by atoms with Crippen molar-refractivity contribution < 1.29 is 4.79 Å². The van der Waals surface area contributed by atoms with Crippen molar-refractivity contribution in [2.24, 2.45) is 22.2 Å². The standard InChI is InChI=1S/C17H28N2O/c1-15(2)13(16(15,3)4)11-19-14(20)17(12-18)9-7-5-6-8-10-17/h13H,5-11H2,1-4H3,(H,19,20). The van der Waals surface area contributed by atoms with Crippen LogP contribution in [0.3, 0.4) is 0 Å². The van der Waals surface area contributed by atoms with Gasteiger partial charge in [0, 0.05) is 6.54 Å². The van der Waals surface area contributed by atoms with Crippen molar-refractivity contribution in [3.05, 3.63) is 0 Å². The third-order valence-electron chi connectivity index (χ3n) is 6.39. The van der Waals surface area contributed by atoms with Crippen LogP contribution < -0.4 is 5.32 Å². The topological polar surface area (TPSA) is 52.9 Å². The summed E-state index contributed by atoms with van der Waals surface area (Å²) < 4.78 is 0. The molecule has 1 N–H and O–H groups in total. The average Bonchev–Trinajstić information content (AvgIpc) is 2.92. The molecule has 2 saturated carbocycles. The van der Waals surface area contributed by atoms with E-state index in [1.54, 1.807) is 0 Å². The molecule has 2 aliphatic carbocycles. The number of hydrogen-bond acceptors (Lipinski definition) is 2. The lowest BCUT2D eigenvalue weighted by atomic mass is 9.81. The van der Waals surface area contributed by atoms with Gasteiger partial charge in [-0.2, -0.15) is 5.26 Å². The molecule has 0 atom stereocenters. The lowest BCUT2D eigenvalue weighted by Gasteiger charge is -2.23. The number of hydrogen-bond donors (Lipinski definition) is 1. The molecule has 1 amide bonds. The fourth-order valence-corrected chi connectivity index (χ4v) is 3.93. The van der Waals surface area contributed by atoms with Gasteiger partial charge in [-0.15, -0.1) is 0 Å². The van der Waals surface area contributed by atoms with E-state index in [0.717, 1.165) is 38.5 Å². The van der Waals surface area contributed by atoms with Crippen molar-refractivity contribution in [1.29, 1.82) is 5.26 Å². The summed E-state index contributed by atoms with van der Waals surface area (Å²) in [6.07, 6.45) is 5.77. The predicted octanol–water partition coefficient (Wildman–Crippen LogP) is 3.65. The van der Waals surface area contributed by atoms with E-state index < -0.39 is 5.41 Å². The fourth-order valence-electron chi connectivity index (χ4n) is 3.93. The summed E-state index contributed by atoms with van der Waals surface area (Å²) in [6, 6.07) is 2.33. The molecule has 0 spiro atoms. The highest BCUT2D eigenvalue weighted by Gasteiger charge is 2.64. The van der Waals surface area contributed by atoms with Crippen LogP contribution >= 0.6 is 0 Å². The molecule has 3 nitrogen and oxygen atoms in total. The van der Waals surface area contributed by atoms with Crippen LogP contribution in [0.2, 0.25) is 0 Å². The summed E-state index contributed by atoms with van der Waals surface area (Å²) in [6.45, 7) is 9.75. The van der Waals surface area contributed by atoms with Gasteiger partial charge in [-0.1, -0.05) is 53.4 Å². The van der Waals surface area contributed by atoms with E-state index in [4.69, 9.17) is 0 Å². The Labute approximate surface area is 123 Å². The summed E-state index contributed by atoms with van der Waals surface area (Å²) >= 11 is 0. The molecule has 20 heavy (non-hydrogen) atoms. The SMILES string of the molecule is CC1(C)C(CNC(=O)C2(C#N)CCCCCC2)C1(C)C. The van der Waals surface area contributed by atoms with Gasteiger partial charge < -0.3 is 5.32 Å². The molecule has 0 radical (unpaired) electrons. The molecule has 0 aromatic rings. The summed E-state index contributed by atoms with van der Waals surface area (Å²) in [5, 5.41) is 12.6. The van der Waals surface area contributed by atoms with Crippen LogP contribution in [0.1, 0.15) is 66.2 Å². The molecular formula is C17H28N2O. The summed E-state index contributed by atoms with van der Waals surface area (Å²) in [7, 11) is 0. The van der Waals surface area contributed by atoms with E-state index in [1.165, 1.54) is 0 Å². The number of nitriles is 1. The van der Waals surface area contributed by atoms with Crippen LogP contribution in [0.4, 0.5) is 0 Å². The highest BCUT2D eigenvalue weighted by atomic mass is 16.2. The zero-order chi connectivity index (χ0) is 15.0. The van der Waals surface area contributed by atoms with E-state index >= 15 is 0 Å². The van der Waals surface area contributed by atoms with Crippen molar-refractivity contribution in [3.8, 4) is 6.07 Å². The van der Waals surface area contributed by atoms with Crippen LogP contribution in [0.5, 0.6) is 0 Å². The first-order valence-electron chi connectivity index (χ1n) is 7.97. The molecule has 0 aliphatic heterocycles. The highest BCUT2D eigenvalue weighted by Crippen LogP contribution is 2.67. The molecule has 0 unspecified atom stereocenters. The monoisotopic (exact) mass is 276 g/mol. The Balaban J connectivity index is 1.96. The first-order chi connectivity index (χ1) is 9.28. The van der Waals surface area contributed by atoms with Gasteiger partial charge in [0.25, 0.3) is 0 Å². The van der Waals surface area contributed by atoms with E-state index in [1.807, 2.05) is 0 Å². The minimum absolute atomic E-state index is 0.0274. The van der Waals surface area contributed by atoms with Gasteiger partial charge in [0.1, 0.15) is 5.41 Å². The maximum absolute atomic E-state index is 12.5. The number of nitrogens with zero attached hydrogens (tertiary/aromatic N) is 1. The molecule has 0 saturated heterocycles. The number of carbonyl (C=O) groups is 1. The van der Waals surface area contributed by atoms with E-state index in [0.29, 0.717) is 12.5 Å². The second kappa shape index (κ2) is 5.06. The minimum Gasteiger partial charge on any atom is -0.354 e. The molecule has 0 aromatic heterocycles. The van der Waals surface area contributed by atoms with Gasteiger partial charge in [0.15, 0.2) is 0 Å². The molecule has 2 aliphatic rings. The van der Waals surface area contributed by atoms with Crippen molar-refractivity contribution in [2.45, 2.75) is 66.2 Å². The second-order valence-corrected chi connectivity index (χ2v) is 7.81. The summed E-state index contributed by atoms with van der Waals surface area (Å²) in [4.78, 5) is 12.5. The van der Waals surface area contributed by atoms with Crippen molar-refractivity contribution in [3.63, 3.8) is 0 Å². The van der Waals surface area contributed by atoms with Gasteiger partial charge in [0.05, 0.1) is 6.07 Å². The Morgan fingerprint density at radius 2 is 1.60 bits per heavy atom. The number of rotatable bonds is 3. The maximum atomic E-state index is 12.5. The first-order valence-corrected chi connectivity index (χ1v) is 7.97. The van der Waals surface area contributed by atoms with E-state index in [-0.39, 0.29) is 16.7 Å². The zero-order valence-electron chi connectivity index (χ0n) is 13.4. The van der Waals surface area contributed by atoms with Crippen molar-refractivity contribution in [2.75, 3.05) is 6.54 Å². The molecule has 0 aromatic carbocycles. The van der Waals surface area contributed by atoms with Crippen molar-refractivity contribution in [1.82, 2.24) is 5.32 Å². The second-order valence-electron chi connectivity index (χ2n) is 7.81. The largest absolute Gasteiger partial charge is 0.354 e. The van der Waals surface area contributed by atoms with Gasteiger partial charge in [0.2, 0.25) is 5.91 Å². The highest BCUT2D eigenvalue weighted by molar-refractivity contribution is 5.85. The molecule has 2 rings (SSSR count). The molecular weight excluding hydrogens is 248 g/mol. The van der Waals surface area contributed by atoms with Crippen molar-refractivity contribution >= 4 is 5.91 Å². The normalized spacial score (nSPS) is 27.1. The summed E-state index contributed by atoms with van der Waals surface area (Å²) in [5.74, 6) is 0.487. The summed E-state index contributed by atoms with van der Waals surface area (Å²) in [5.41, 5.74) is -0.202. The van der Waals surface area contributed by atoms with Crippen LogP contribution in [0.15, 0.2) is 0 Å². The minimum atomic E-state index is -0.764. The van der Waals surface area contributed by atoms with Crippen LogP contribution in [0, 0.1) is 33.5 Å². The third-order valence-corrected chi connectivity index (χ3v) is 6.39. The lowest BCUT2D eigenvalue weighted by molar-refractivity contribution is -0.128. The van der Waals surface area contributed by atoms with Gasteiger partial charge in [-0.25, -0.2) is 0 Å². The lowest BCUT2D eigenvalue weighted by Crippen LogP contribution is -2.41. The smallest absolute Gasteiger partial charge is 0.240 e. The molecule has 0 heterocycles. The molecule has 112 valence electrons. The Morgan fingerprint density at radius 1 is 1.10 bits per heavy atom. The Hall–Kier alpha value is -1.04. The van der Waals surface area contributed by atoms with Gasteiger partial charge in [-0.05, 0) is 29.6 Å². The predicted molar refractivity (Wildman–Crippen MR) is 79.8 cm³/mol. The van der Waals surface area contributed by atoms with Crippen LogP contribution in [-0.4, -0.2) is 12.5 Å². The average molecular weight is 276 g/mol. The van der Waals surface area contributed by atoms with Gasteiger partial charge in [-0.3, -0.25) is 4.79 Å². The Morgan fingerprint density at radius 3 is 2.00 bits per heavy atom. The van der Waals surface area contributed by atoms with Crippen LogP contribution in [0.25, 0.3) is 0 Å². The Bertz CT molecular complexity index is 409. The van der Waals surface area contributed by atoms with E-state index in [9.17, 15) is 10.1 Å². The fraction of sp³-hybridized carbons (Fsp3) is 0.882. The van der Waals surface area contributed by atoms with E-state index in [2.05, 4.69) is 39.1 Å². The molecule has 3 heteroatoms. The zero-order valence-corrected chi connectivity index (χ0v) is 13.4. The Kier molecular flexibility index (Phi) is 3.88. The number of carbonyl (C=O) groups excluding carboxylic acids is 1. The maximum Gasteiger partial charge on any atom is 0.240 e.